The number of nitrogens with two attached hydrogens (primary N) is 1. The third-order valence-corrected chi connectivity index (χ3v) is 15.4. The number of aromatic amines is 2. The summed E-state index contributed by atoms with van der Waals surface area (Å²) in [6.07, 6.45) is 23.5. The van der Waals surface area contributed by atoms with Crippen LogP contribution in [0.2, 0.25) is 0 Å². The number of carbonyl (C=O) groups excluding carboxylic acids is 2. The zero-order valence-corrected chi connectivity index (χ0v) is 33.9. The van der Waals surface area contributed by atoms with Gasteiger partial charge in [-0.25, -0.2) is 9.97 Å². The number of hydrogen-bond donors (Lipinski definition) is 3. The number of likely N-dealkylation sites (tertiary alicyclic amines) is 2. The Morgan fingerprint density at radius 1 is 0.614 bits per heavy atom. The predicted molar refractivity (Wildman–Crippen MR) is 224 cm³/mol. The lowest BCUT2D eigenvalue weighted by Gasteiger charge is -2.32. The van der Waals surface area contributed by atoms with Crippen LogP contribution in [0.5, 0.6) is 0 Å². The monoisotopic (exact) mass is 767 g/mol. The van der Waals surface area contributed by atoms with Crippen LogP contribution in [-0.4, -0.2) is 60.7 Å². The maximum Gasteiger partial charge on any atom is 0.240 e. The molecule has 5 fully saturated rings. The molecule has 2 amide bonds. The Kier molecular flexibility index (Phi) is 10.1. The predicted octanol–water partition coefficient (Wildman–Crippen LogP) is 9.95. The SMILES string of the molecule is C[C@H](C(=O)N1CCC[C@H]1c1ncc(-c2ccc(-c3ccc(-c4cnc([C@@H]5CCCN5C(=O)[C@@H](N)C5CCCCC5)[nH]4)cc3)c3c2C2CCC3C2)[nH]1)C1CCCCC1. The molecule has 2 aliphatic heterocycles. The third-order valence-electron chi connectivity index (χ3n) is 15.4. The molecule has 300 valence electrons. The minimum Gasteiger partial charge on any atom is -0.340 e. The van der Waals surface area contributed by atoms with E-state index in [9.17, 15) is 9.59 Å². The summed E-state index contributed by atoms with van der Waals surface area (Å²) in [6.45, 7) is 3.76. The first-order valence-electron chi connectivity index (χ1n) is 22.7. The van der Waals surface area contributed by atoms with Gasteiger partial charge in [0, 0.05) is 24.6 Å². The third kappa shape index (κ3) is 6.75. The normalized spacial score (nSPS) is 26.3. The quantitative estimate of drug-likeness (QED) is 0.156. The second-order valence-corrected chi connectivity index (χ2v) is 18.6. The maximum atomic E-state index is 13.8. The molecule has 4 aromatic rings. The highest BCUT2D eigenvalue weighted by Gasteiger charge is 2.42. The summed E-state index contributed by atoms with van der Waals surface area (Å²) in [7, 11) is 0. The van der Waals surface area contributed by atoms with E-state index in [1.807, 2.05) is 17.3 Å². The standard InChI is InChI=1S/C48H61N7O2/c1-29(30-10-4-2-5-11-30)47(56)54-24-8-14-40(54)46-51-28-39(53-46)37-23-22-36(42-34-20-21-35(26-34)43(37)42)31-16-18-32(19-17-31)38-27-50-45(52-38)41-15-9-25-55(41)48(57)44(49)33-12-6-3-7-13-33/h16-19,22-23,27-30,33-35,40-41,44H,2-15,20-21,24-26,49H2,1H3,(H,50,52)(H,51,53)/t29-,34?,35?,40-,41-,44-/m0/s1. The molecule has 2 aromatic carbocycles. The Morgan fingerprint density at radius 2 is 1.14 bits per heavy atom. The Bertz CT molecular complexity index is 2090. The number of imidazole rings is 2. The topological polar surface area (TPSA) is 124 Å². The van der Waals surface area contributed by atoms with Gasteiger partial charge in [-0.05, 0) is 122 Å². The number of carbonyl (C=O) groups is 2. The van der Waals surface area contributed by atoms with Gasteiger partial charge in [0.05, 0.1) is 41.9 Å². The largest absolute Gasteiger partial charge is 0.340 e. The molecular weight excluding hydrogens is 707 g/mol. The molecule has 3 saturated carbocycles. The van der Waals surface area contributed by atoms with Gasteiger partial charge in [-0.2, -0.15) is 0 Å². The summed E-state index contributed by atoms with van der Waals surface area (Å²) < 4.78 is 0. The molecule has 4 N–H and O–H groups in total. The molecule has 9 nitrogen and oxygen atoms in total. The minimum absolute atomic E-state index is 0.0367. The van der Waals surface area contributed by atoms with Crippen LogP contribution in [-0.2, 0) is 9.59 Å². The van der Waals surface area contributed by atoms with Crippen molar-refractivity contribution in [1.82, 2.24) is 29.7 Å². The summed E-state index contributed by atoms with van der Waals surface area (Å²) >= 11 is 0. The fraction of sp³-hybridized carbons (Fsp3) is 0.583. The lowest BCUT2D eigenvalue weighted by molar-refractivity contribution is -0.138. The van der Waals surface area contributed by atoms with E-state index in [2.05, 4.69) is 58.2 Å². The highest BCUT2D eigenvalue weighted by Crippen LogP contribution is 2.58. The maximum absolute atomic E-state index is 13.8. The first-order valence-corrected chi connectivity index (χ1v) is 22.7. The second kappa shape index (κ2) is 15.5. The van der Waals surface area contributed by atoms with Gasteiger partial charge in [-0.15, -0.1) is 0 Å². The summed E-state index contributed by atoms with van der Waals surface area (Å²) in [6, 6.07) is 13.2. The number of hydrogen-bond acceptors (Lipinski definition) is 5. The number of nitrogens with zero attached hydrogens (tertiary/aromatic N) is 4. The Balaban J connectivity index is 0.866. The van der Waals surface area contributed by atoms with Crippen molar-refractivity contribution in [3.8, 4) is 33.6 Å². The summed E-state index contributed by atoms with van der Waals surface area (Å²) in [5.41, 5.74) is 16.7. The molecular formula is C48H61N7O2. The van der Waals surface area contributed by atoms with Crippen LogP contribution in [0.15, 0.2) is 48.8 Å². The van der Waals surface area contributed by atoms with Crippen LogP contribution in [0, 0.1) is 17.8 Å². The number of fused-ring (bicyclic) bond motifs is 5. The number of amides is 2. The average Bonchev–Trinajstić information content (AvgIpc) is 4.13. The number of benzene rings is 2. The van der Waals surface area contributed by atoms with E-state index < -0.39 is 6.04 Å². The van der Waals surface area contributed by atoms with Crippen molar-refractivity contribution >= 4 is 11.8 Å². The van der Waals surface area contributed by atoms with Gasteiger partial charge in [-0.3, -0.25) is 9.59 Å². The summed E-state index contributed by atoms with van der Waals surface area (Å²) in [4.78, 5) is 48.7. The molecule has 10 rings (SSSR count). The summed E-state index contributed by atoms with van der Waals surface area (Å²) in [5, 5.41) is 0. The molecule has 4 aliphatic carbocycles. The van der Waals surface area contributed by atoms with Crippen LogP contribution in [0.25, 0.3) is 33.6 Å². The van der Waals surface area contributed by atoms with Crippen LogP contribution >= 0.6 is 0 Å². The van der Waals surface area contributed by atoms with Gasteiger partial charge in [0.15, 0.2) is 0 Å². The van der Waals surface area contributed by atoms with E-state index >= 15 is 0 Å². The van der Waals surface area contributed by atoms with Crippen molar-refractivity contribution in [1.29, 1.82) is 0 Å². The highest BCUT2D eigenvalue weighted by molar-refractivity contribution is 5.83. The Morgan fingerprint density at radius 3 is 1.79 bits per heavy atom. The van der Waals surface area contributed by atoms with E-state index in [4.69, 9.17) is 15.7 Å². The van der Waals surface area contributed by atoms with Crippen molar-refractivity contribution in [2.24, 2.45) is 23.5 Å². The molecule has 0 radical (unpaired) electrons. The number of rotatable bonds is 9. The molecule has 2 unspecified atom stereocenters. The van der Waals surface area contributed by atoms with E-state index in [-0.39, 0.29) is 23.9 Å². The smallest absolute Gasteiger partial charge is 0.240 e. The number of H-pyrrole nitrogens is 2. The Hall–Kier alpha value is -4.24. The van der Waals surface area contributed by atoms with Gasteiger partial charge in [-0.1, -0.05) is 81.8 Å². The van der Waals surface area contributed by atoms with Crippen LogP contribution in [0.1, 0.15) is 163 Å². The van der Waals surface area contributed by atoms with E-state index in [0.717, 1.165) is 80.2 Å². The van der Waals surface area contributed by atoms with Gasteiger partial charge in [0.2, 0.25) is 11.8 Å². The lowest BCUT2D eigenvalue weighted by Crippen LogP contribution is -2.48. The molecule has 57 heavy (non-hydrogen) atoms. The second-order valence-electron chi connectivity index (χ2n) is 18.6. The zero-order valence-electron chi connectivity index (χ0n) is 33.9. The number of aromatic nitrogens is 4. The molecule has 6 atom stereocenters. The van der Waals surface area contributed by atoms with Gasteiger partial charge in [0.1, 0.15) is 11.6 Å². The van der Waals surface area contributed by atoms with Gasteiger partial charge >= 0.3 is 0 Å². The van der Waals surface area contributed by atoms with Crippen molar-refractivity contribution in [3.05, 3.63) is 71.6 Å². The molecule has 2 saturated heterocycles. The van der Waals surface area contributed by atoms with Crippen LogP contribution in [0.3, 0.4) is 0 Å². The fourth-order valence-corrected chi connectivity index (χ4v) is 12.2. The molecule has 6 aliphatic rings. The molecule has 2 bridgehead atoms. The lowest BCUT2D eigenvalue weighted by atomic mass is 9.80. The fourth-order valence-electron chi connectivity index (χ4n) is 12.2. The van der Waals surface area contributed by atoms with Crippen LogP contribution in [0.4, 0.5) is 0 Å². The zero-order chi connectivity index (χ0) is 38.6. The van der Waals surface area contributed by atoms with Crippen molar-refractivity contribution in [2.75, 3.05) is 13.1 Å². The Labute approximate surface area is 338 Å². The van der Waals surface area contributed by atoms with E-state index in [1.165, 1.54) is 98.4 Å². The molecule has 4 heterocycles. The van der Waals surface area contributed by atoms with Crippen LogP contribution < -0.4 is 5.73 Å². The van der Waals surface area contributed by atoms with Crippen molar-refractivity contribution in [2.45, 2.75) is 146 Å². The van der Waals surface area contributed by atoms with Gasteiger partial charge < -0.3 is 25.5 Å². The summed E-state index contributed by atoms with van der Waals surface area (Å²) in [5.74, 6) is 4.31. The van der Waals surface area contributed by atoms with Crippen molar-refractivity contribution in [3.63, 3.8) is 0 Å². The van der Waals surface area contributed by atoms with E-state index in [0.29, 0.717) is 29.6 Å². The van der Waals surface area contributed by atoms with Crippen molar-refractivity contribution < 1.29 is 9.59 Å². The first kappa shape index (κ1) is 37.1. The molecule has 2 aromatic heterocycles. The van der Waals surface area contributed by atoms with Gasteiger partial charge in [0.25, 0.3) is 0 Å². The van der Waals surface area contributed by atoms with E-state index in [1.54, 1.807) is 0 Å². The molecule has 9 heteroatoms. The number of nitrogens with one attached hydrogen (secondary N) is 2. The minimum atomic E-state index is -0.408. The molecule has 0 spiro atoms. The average molecular weight is 768 g/mol. The first-order chi connectivity index (χ1) is 27.9. The highest BCUT2D eigenvalue weighted by atomic mass is 16.2.